The average molecular weight is 556 g/mol. The number of carbonyl (C=O) groups excluding carboxylic acids is 2. The summed E-state index contributed by atoms with van der Waals surface area (Å²) in [7, 11) is 0. The van der Waals surface area contributed by atoms with E-state index in [0.29, 0.717) is 16.8 Å². The van der Waals surface area contributed by atoms with Crippen LogP contribution in [0, 0.1) is 13.8 Å². The van der Waals surface area contributed by atoms with Crippen LogP contribution in [0.25, 0.3) is 22.5 Å². The van der Waals surface area contributed by atoms with E-state index in [1.165, 1.54) is 0 Å². The molecule has 0 spiro atoms. The Bertz CT molecular complexity index is 1510. The summed E-state index contributed by atoms with van der Waals surface area (Å²) in [6.45, 7) is 15.0. The van der Waals surface area contributed by atoms with E-state index in [-0.39, 0.29) is 11.9 Å². The van der Waals surface area contributed by atoms with Crippen LogP contribution < -0.4 is 4.73 Å². The Labute approximate surface area is 242 Å². The van der Waals surface area contributed by atoms with E-state index in [2.05, 4.69) is 4.98 Å². The molecule has 0 atom stereocenters. The van der Waals surface area contributed by atoms with Crippen LogP contribution in [0.5, 0.6) is 0 Å². The lowest BCUT2D eigenvalue weighted by molar-refractivity contribution is -0.896. The van der Waals surface area contributed by atoms with Crippen LogP contribution in [0.3, 0.4) is 0 Å². The monoisotopic (exact) mass is 555 g/mol. The fraction of sp³-hybridized carbons (Fsp3) is 0.294. The summed E-state index contributed by atoms with van der Waals surface area (Å²) in [5.74, 6) is -0.685. The summed E-state index contributed by atoms with van der Waals surface area (Å²) < 4.78 is 11.8. The minimum Gasteiger partial charge on any atom is -0.456 e. The molecular formula is C34H39N2O5+. The molecule has 0 saturated heterocycles. The van der Waals surface area contributed by atoms with E-state index in [1.54, 1.807) is 42.7 Å². The number of nitrogens with zero attached hydrogens (tertiary/aromatic N) is 2. The molecule has 214 valence electrons. The van der Waals surface area contributed by atoms with Gasteiger partial charge in [-0.15, -0.1) is 0 Å². The van der Waals surface area contributed by atoms with Crippen molar-refractivity contribution in [2.45, 2.75) is 66.6 Å². The molecule has 0 radical (unpaired) electrons. The number of ether oxygens (including phenoxy) is 2. The highest BCUT2D eigenvalue weighted by Gasteiger charge is 2.21. The summed E-state index contributed by atoms with van der Waals surface area (Å²) in [5.41, 5.74) is 5.20. The van der Waals surface area contributed by atoms with E-state index < -0.39 is 11.2 Å². The lowest BCUT2D eigenvalue weighted by atomic mass is 10.0. The first-order valence-corrected chi connectivity index (χ1v) is 13.4. The zero-order chi connectivity index (χ0) is 30.4. The predicted octanol–water partition coefficient (Wildman–Crippen LogP) is 7.15. The Morgan fingerprint density at radius 2 is 1.22 bits per heavy atom. The molecule has 2 heterocycles. The maximum atomic E-state index is 12.1. The van der Waals surface area contributed by atoms with Crippen molar-refractivity contribution in [2.24, 2.45) is 0 Å². The highest BCUT2D eigenvalue weighted by Crippen LogP contribution is 2.23. The van der Waals surface area contributed by atoms with Crippen LogP contribution in [0.15, 0.2) is 85.2 Å². The fourth-order valence-electron chi connectivity index (χ4n) is 4.01. The van der Waals surface area contributed by atoms with Gasteiger partial charge in [0.25, 0.3) is 5.69 Å². The first-order chi connectivity index (χ1) is 19.1. The molecule has 0 fully saturated rings. The van der Waals surface area contributed by atoms with Crippen molar-refractivity contribution in [1.29, 1.82) is 0 Å². The van der Waals surface area contributed by atoms with Crippen molar-refractivity contribution in [2.75, 3.05) is 0 Å². The van der Waals surface area contributed by atoms with Crippen LogP contribution in [0.2, 0.25) is 0 Å². The molecule has 0 amide bonds. The van der Waals surface area contributed by atoms with Gasteiger partial charge in [-0.25, -0.2) is 9.59 Å². The normalized spacial score (nSPS) is 11.2. The number of benzene rings is 2. The van der Waals surface area contributed by atoms with Gasteiger partial charge in [-0.3, -0.25) is 10.2 Å². The molecule has 0 saturated carbocycles. The molecule has 41 heavy (non-hydrogen) atoms. The molecule has 0 unspecified atom stereocenters. The standard InChI is InChI=1S/C17H20NO3.C17H19NO2/c1-12-7-6-10-18(20)15(12)13-8-5-9-14(11-13)16(19)21-17(2,3)4;1-12-7-6-10-18-15(12)13-8-5-9-14(11-13)16(19)20-17(2,3)4/h5-11,20H,1-4H3;5-11H,1-4H3/q+1;. The molecule has 0 aliphatic carbocycles. The molecule has 7 nitrogen and oxygen atoms in total. The Kier molecular flexibility index (Phi) is 9.66. The summed E-state index contributed by atoms with van der Waals surface area (Å²) in [5, 5.41) is 9.96. The first kappa shape index (κ1) is 31.0. The van der Waals surface area contributed by atoms with Crippen LogP contribution in [0.1, 0.15) is 73.4 Å². The lowest BCUT2D eigenvalue weighted by Crippen LogP contribution is -2.33. The number of hydrogen-bond donors (Lipinski definition) is 1. The van der Waals surface area contributed by atoms with Crippen molar-refractivity contribution in [3.8, 4) is 22.5 Å². The van der Waals surface area contributed by atoms with Gasteiger partial charge in [0.1, 0.15) is 11.2 Å². The highest BCUT2D eigenvalue weighted by molar-refractivity contribution is 5.91. The largest absolute Gasteiger partial charge is 0.456 e. The SMILES string of the molecule is Cc1ccc[n+](O)c1-c1cccc(C(=O)OC(C)(C)C)c1.Cc1cccnc1-c1cccc(C(=O)OC(C)(C)C)c1. The number of esters is 2. The van der Waals surface area contributed by atoms with Crippen molar-refractivity contribution in [3.63, 3.8) is 0 Å². The lowest BCUT2D eigenvalue weighted by Gasteiger charge is -2.19. The molecule has 0 aliphatic heterocycles. The summed E-state index contributed by atoms with van der Waals surface area (Å²) >= 11 is 0. The minimum atomic E-state index is -0.535. The van der Waals surface area contributed by atoms with Gasteiger partial charge in [0, 0.05) is 28.1 Å². The topological polar surface area (TPSA) is 89.6 Å². The van der Waals surface area contributed by atoms with Gasteiger partial charge in [-0.1, -0.05) is 24.3 Å². The Hall–Kier alpha value is -4.52. The predicted molar refractivity (Wildman–Crippen MR) is 159 cm³/mol. The van der Waals surface area contributed by atoms with Gasteiger partial charge in [0.15, 0.2) is 0 Å². The first-order valence-electron chi connectivity index (χ1n) is 13.4. The second-order valence-electron chi connectivity index (χ2n) is 11.7. The third-order valence-electron chi connectivity index (χ3n) is 5.73. The Morgan fingerprint density at radius 1 is 0.707 bits per heavy atom. The zero-order valence-corrected chi connectivity index (χ0v) is 25.1. The zero-order valence-electron chi connectivity index (χ0n) is 25.1. The van der Waals surface area contributed by atoms with Gasteiger partial charge in [0.05, 0.1) is 22.4 Å². The second-order valence-corrected chi connectivity index (χ2v) is 11.7. The summed E-state index contributed by atoms with van der Waals surface area (Å²) in [6.07, 6.45) is 3.31. The van der Waals surface area contributed by atoms with E-state index >= 15 is 0 Å². The van der Waals surface area contributed by atoms with Crippen molar-refractivity contribution >= 4 is 11.9 Å². The van der Waals surface area contributed by atoms with Gasteiger partial charge in [-0.2, -0.15) is 0 Å². The fourth-order valence-corrected chi connectivity index (χ4v) is 4.01. The molecule has 7 heteroatoms. The molecule has 0 aliphatic rings. The van der Waals surface area contributed by atoms with Gasteiger partial charge in [0.2, 0.25) is 6.20 Å². The summed E-state index contributed by atoms with van der Waals surface area (Å²) in [6, 6.07) is 22.0. The van der Waals surface area contributed by atoms with Gasteiger partial charge in [-0.05, 0) is 103 Å². The third-order valence-corrected chi connectivity index (χ3v) is 5.73. The van der Waals surface area contributed by atoms with Crippen molar-refractivity contribution in [3.05, 3.63) is 107 Å². The smallest absolute Gasteiger partial charge is 0.338 e. The maximum Gasteiger partial charge on any atom is 0.338 e. The molecule has 4 aromatic rings. The van der Waals surface area contributed by atoms with Crippen LogP contribution >= 0.6 is 0 Å². The molecular weight excluding hydrogens is 516 g/mol. The van der Waals surface area contributed by atoms with E-state index in [4.69, 9.17) is 9.47 Å². The summed E-state index contributed by atoms with van der Waals surface area (Å²) in [4.78, 5) is 28.6. The van der Waals surface area contributed by atoms with Gasteiger partial charge >= 0.3 is 11.9 Å². The number of aryl methyl sites for hydroxylation is 2. The number of hydrogen-bond acceptors (Lipinski definition) is 6. The quantitative estimate of drug-likeness (QED) is 0.163. The van der Waals surface area contributed by atoms with Crippen LogP contribution in [-0.2, 0) is 9.47 Å². The van der Waals surface area contributed by atoms with E-state index in [0.717, 1.165) is 32.7 Å². The van der Waals surface area contributed by atoms with Crippen LogP contribution in [0.4, 0.5) is 0 Å². The number of carbonyl (C=O) groups is 2. The average Bonchev–Trinajstić information content (AvgIpc) is 2.88. The van der Waals surface area contributed by atoms with Gasteiger partial charge < -0.3 is 9.47 Å². The Morgan fingerprint density at radius 3 is 1.73 bits per heavy atom. The van der Waals surface area contributed by atoms with Crippen molar-refractivity contribution < 1.29 is 29.0 Å². The number of pyridine rings is 2. The van der Waals surface area contributed by atoms with Crippen molar-refractivity contribution in [1.82, 2.24) is 4.98 Å². The molecule has 0 bridgehead atoms. The second kappa shape index (κ2) is 12.8. The molecule has 4 rings (SSSR count). The minimum absolute atomic E-state index is 0.312. The molecule has 1 N–H and O–H groups in total. The number of aromatic nitrogens is 2. The maximum absolute atomic E-state index is 12.1. The van der Waals surface area contributed by atoms with Crippen LogP contribution in [-0.4, -0.2) is 33.3 Å². The molecule has 2 aromatic carbocycles. The Balaban J connectivity index is 0.000000226. The molecule has 2 aromatic heterocycles. The van der Waals surface area contributed by atoms with E-state index in [9.17, 15) is 14.8 Å². The van der Waals surface area contributed by atoms with E-state index in [1.807, 2.05) is 97.9 Å². The highest BCUT2D eigenvalue weighted by atomic mass is 16.6. The third kappa shape index (κ3) is 9.00. The number of rotatable bonds is 4.